The van der Waals surface area contributed by atoms with Gasteiger partial charge in [-0.25, -0.2) is 8.42 Å². The number of carbonyl (C=O) groups is 1. The summed E-state index contributed by atoms with van der Waals surface area (Å²) in [5, 5.41) is 0.156. The van der Waals surface area contributed by atoms with Crippen molar-refractivity contribution in [3.63, 3.8) is 0 Å². The molecule has 6 nitrogen and oxygen atoms in total. The topological polar surface area (TPSA) is 60.9 Å². The van der Waals surface area contributed by atoms with E-state index in [1.165, 1.54) is 33.3 Å². The van der Waals surface area contributed by atoms with Gasteiger partial charge in [0.05, 0.1) is 5.02 Å². The molecule has 0 atom stereocenters. The highest BCUT2D eigenvalue weighted by molar-refractivity contribution is 7.89. The molecule has 166 valence electrons. The predicted octanol–water partition coefficient (Wildman–Crippen LogP) is 3.70. The van der Waals surface area contributed by atoms with Gasteiger partial charge in [0.25, 0.3) is 5.91 Å². The maximum atomic E-state index is 13.1. The number of hydrogen-bond acceptors (Lipinski definition) is 4. The summed E-state index contributed by atoms with van der Waals surface area (Å²) < 4.78 is 27.4. The number of rotatable bonds is 4. The molecule has 8 heteroatoms. The van der Waals surface area contributed by atoms with Crippen LogP contribution in [-0.4, -0.2) is 62.8 Å². The Kier molecular flexibility index (Phi) is 6.28. The van der Waals surface area contributed by atoms with Crippen LogP contribution in [0.5, 0.6) is 0 Å². The summed E-state index contributed by atoms with van der Waals surface area (Å²) in [6.07, 6.45) is 1.69. The van der Waals surface area contributed by atoms with Gasteiger partial charge in [0.1, 0.15) is 4.90 Å². The van der Waals surface area contributed by atoms with Crippen LogP contribution in [0.1, 0.15) is 34.3 Å². The molecule has 2 aromatic rings. The Morgan fingerprint density at radius 2 is 1.61 bits per heavy atom. The van der Waals surface area contributed by atoms with Crippen molar-refractivity contribution in [2.75, 3.05) is 44.2 Å². The number of hydrogen-bond donors (Lipinski definition) is 0. The van der Waals surface area contributed by atoms with E-state index in [2.05, 4.69) is 36.9 Å². The molecule has 0 radical (unpaired) electrons. The fraction of sp³-hybridized carbons (Fsp3) is 0.435. The maximum Gasteiger partial charge on any atom is 0.254 e. The minimum absolute atomic E-state index is 0.0240. The molecule has 2 heterocycles. The standard InChI is InChI=1S/C23H28ClN3O3S/c1-17-6-5-7-21(18(17)2)25-12-14-26(15-13-25)23(28)19-8-9-20(24)22(16-19)31(29,30)27-10-3-4-11-27/h5-9,16H,3-4,10-15H2,1-2H3. The summed E-state index contributed by atoms with van der Waals surface area (Å²) in [5.74, 6) is -0.157. The van der Waals surface area contributed by atoms with Gasteiger partial charge in [-0.1, -0.05) is 23.7 Å². The maximum absolute atomic E-state index is 13.1. The molecule has 0 bridgehead atoms. The molecule has 2 aliphatic rings. The first-order valence-corrected chi connectivity index (χ1v) is 12.5. The molecule has 0 aliphatic carbocycles. The highest BCUT2D eigenvalue weighted by atomic mass is 35.5. The van der Waals surface area contributed by atoms with Crippen molar-refractivity contribution in [1.82, 2.24) is 9.21 Å². The molecule has 0 N–H and O–H groups in total. The third-order valence-corrected chi connectivity index (χ3v) is 8.72. The Labute approximate surface area is 189 Å². The number of aryl methyl sites for hydroxylation is 1. The second-order valence-electron chi connectivity index (χ2n) is 8.25. The smallest absolute Gasteiger partial charge is 0.254 e. The van der Waals surface area contributed by atoms with E-state index >= 15 is 0 Å². The Morgan fingerprint density at radius 3 is 2.29 bits per heavy atom. The molecule has 31 heavy (non-hydrogen) atoms. The quantitative estimate of drug-likeness (QED) is 0.696. The van der Waals surface area contributed by atoms with Gasteiger partial charge < -0.3 is 9.80 Å². The third-order valence-electron chi connectivity index (χ3n) is 6.34. The van der Waals surface area contributed by atoms with Gasteiger partial charge in [-0.15, -0.1) is 0 Å². The van der Waals surface area contributed by atoms with E-state index in [1.807, 2.05) is 0 Å². The van der Waals surface area contributed by atoms with Crippen LogP contribution >= 0.6 is 11.6 Å². The van der Waals surface area contributed by atoms with Gasteiger partial charge in [0.15, 0.2) is 0 Å². The van der Waals surface area contributed by atoms with Crippen LogP contribution in [0, 0.1) is 13.8 Å². The van der Waals surface area contributed by atoms with Gasteiger partial charge >= 0.3 is 0 Å². The molecule has 2 saturated heterocycles. The number of anilines is 1. The van der Waals surface area contributed by atoms with Gasteiger partial charge in [0, 0.05) is 50.5 Å². The Hall–Kier alpha value is -2.09. The zero-order valence-corrected chi connectivity index (χ0v) is 19.5. The molecule has 2 aromatic carbocycles. The van der Waals surface area contributed by atoms with Gasteiger partial charge in [0.2, 0.25) is 10.0 Å². The highest BCUT2D eigenvalue weighted by Gasteiger charge is 2.31. The minimum Gasteiger partial charge on any atom is -0.368 e. The predicted molar refractivity (Wildman–Crippen MR) is 123 cm³/mol. The molecule has 0 unspecified atom stereocenters. The fourth-order valence-electron chi connectivity index (χ4n) is 4.31. The lowest BCUT2D eigenvalue weighted by molar-refractivity contribution is 0.0746. The first kappa shape index (κ1) is 22.1. The van der Waals surface area contributed by atoms with E-state index in [-0.39, 0.29) is 15.8 Å². The average molecular weight is 462 g/mol. The van der Waals surface area contributed by atoms with Crippen molar-refractivity contribution >= 4 is 33.2 Å². The molecular weight excluding hydrogens is 434 g/mol. The Balaban J connectivity index is 1.50. The zero-order chi connectivity index (χ0) is 22.2. The number of sulfonamides is 1. The summed E-state index contributed by atoms with van der Waals surface area (Å²) in [6.45, 7) is 7.87. The van der Waals surface area contributed by atoms with Crippen LogP contribution in [0.3, 0.4) is 0 Å². The number of carbonyl (C=O) groups excluding carboxylic acids is 1. The van der Waals surface area contributed by atoms with Crippen molar-refractivity contribution in [3.8, 4) is 0 Å². The first-order chi connectivity index (χ1) is 14.8. The molecule has 1 amide bonds. The second kappa shape index (κ2) is 8.81. The van der Waals surface area contributed by atoms with Gasteiger partial charge in [-0.3, -0.25) is 4.79 Å². The Bertz CT molecular complexity index is 1090. The molecule has 0 spiro atoms. The van der Waals surface area contributed by atoms with E-state index in [9.17, 15) is 13.2 Å². The molecule has 2 aliphatic heterocycles. The van der Waals surface area contributed by atoms with E-state index in [0.717, 1.165) is 25.9 Å². The zero-order valence-electron chi connectivity index (χ0n) is 18.0. The fourth-order valence-corrected chi connectivity index (χ4v) is 6.33. The lowest BCUT2D eigenvalue weighted by Crippen LogP contribution is -2.49. The molecule has 0 aromatic heterocycles. The van der Waals surface area contributed by atoms with Crippen LogP contribution in [0.2, 0.25) is 5.02 Å². The van der Waals surface area contributed by atoms with E-state index in [0.29, 0.717) is 31.7 Å². The van der Waals surface area contributed by atoms with Crippen molar-refractivity contribution in [2.45, 2.75) is 31.6 Å². The molecule has 4 rings (SSSR count). The monoisotopic (exact) mass is 461 g/mol. The lowest BCUT2D eigenvalue weighted by Gasteiger charge is -2.37. The number of piperazine rings is 1. The number of nitrogens with zero attached hydrogens (tertiary/aromatic N) is 3. The summed E-state index contributed by atoms with van der Waals surface area (Å²) in [4.78, 5) is 17.2. The highest BCUT2D eigenvalue weighted by Crippen LogP contribution is 2.29. The summed E-state index contributed by atoms with van der Waals surface area (Å²) in [5.41, 5.74) is 4.08. The normalized spacial score (nSPS) is 17.9. The van der Waals surface area contributed by atoms with E-state index < -0.39 is 10.0 Å². The molecule has 2 fully saturated rings. The number of amides is 1. The lowest BCUT2D eigenvalue weighted by atomic mass is 10.1. The van der Waals surface area contributed by atoms with Crippen LogP contribution in [-0.2, 0) is 10.0 Å². The number of halogens is 1. The van der Waals surface area contributed by atoms with Crippen LogP contribution in [0.25, 0.3) is 0 Å². The number of benzene rings is 2. The van der Waals surface area contributed by atoms with E-state index in [1.54, 1.807) is 11.0 Å². The van der Waals surface area contributed by atoms with Crippen molar-refractivity contribution in [2.24, 2.45) is 0 Å². The van der Waals surface area contributed by atoms with Crippen LogP contribution < -0.4 is 4.90 Å². The van der Waals surface area contributed by atoms with Gasteiger partial charge in [-0.05, 0) is 62.1 Å². The summed E-state index contributed by atoms with van der Waals surface area (Å²) >= 11 is 6.23. The second-order valence-corrected chi connectivity index (χ2v) is 10.6. The first-order valence-electron chi connectivity index (χ1n) is 10.7. The van der Waals surface area contributed by atoms with Crippen molar-refractivity contribution < 1.29 is 13.2 Å². The largest absolute Gasteiger partial charge is 0.368 e. The summed E-state index contributed by atoms with van der Waals surface area (Å²) in [6, 6.07) is 10.9. The van der Waals surface area contributed by atoms with Crippen LogP contribution in [0.15, 0.2) is 41.3 Å². The van der Waals surface area contributed by atoms with Crippen LogP contribution in [0.4, 0.5) is 5.69 Å². The molecular formula is C23H28ClN3O3S. The molecule has 0 saturated carbocycles. The summed E-state index contributed by atoms with van der Waals surface area (Å²) in [7, 11) is -3.69. The van der Waals surface area contributed by atoms with Crippen molar-refractivity contribution in [3.05, 3.63) is 58.1 Å². The van der Waals surface area contributed by atoms with Crippen molar-refractivity contribution in [1.29, 1.82) is 0 Å². The third kappa shape index (κ3) is 4.31. The van der Waals surface area contributed by atoms with E-state index in [4.69, 9.17) is 11.6 Å². The van der Waals surface area contributed by atoms with Gasteiger partial charge in [-0.2, -0.15) is 4.31 Å². The average Bonchev–Trinajstić information content (AvgIpc) is 3.31. The Morgan fingerprint density at radius 1 is 0.935 bits per heavy atom. The minimum atomic E-state index is -3.69. The SMILES string of the molecule is Cc1cccc(N2CCN(C(=O)c3ccc(Cl)c(S(=O)(=O)N4CCCC4)c3)CC2)c1C.